The van der Waals surface area contributed by atoms with E-state index < -0.39 is 5.41 Å². The van der Waals surface area contributed by atoms with Crippen molar-refractivity contribution in [2.45, 2.75) is 5.41 Å². The first-order valence-corrected chi connectivity index (χ1v) is 16.6. The fraction of sp³-hybridized carbons (Fsp3) is 0.0213. The highest BCUT2D eigenvalue weighted by Crippen LogP contribution is 2.60. The Hall–Kier alpha value is -6.18. The molecular weight excluding hydrogens is 579 g/mol. The third-order valence-electron chi connectivity index (χ3n) is 9.90. The minimum atomic E-state index is -0.471. The quantitative estimate of drug-likeness (QED) is 0.181. The van der Waals surface area contributed by atoms with Gasteiger partial charge in [0.25, 0.3) is 0 Å². The monoisotopic (exact) mass is 611 g/mol. The summed E-state index contributed by atoms with van der Waals surface area (Å²) in [5.74, 6) is 0. The average molecular weight is 612 g/mol. The van der Waals surface area contributed by atoms with Crippen molar-refractivity contribution in [1.29, 1.82) is 0 Å². The maximum Gasteiger partial charge on any atom is 0.0719 e. The van der Waals surface area contributed by atoms with Crippen LogP contribution in [-0.4, -0.2) is 0 Å². The Morgan fingerprint density at radius 2 is 0.854 bits per heavy atom. The molecule has 0 N–H and O–H groups in total. The normalized spacial score (nSPS) is 12.8. The Kier molecular flexibility index (Phi) is 6.76. The molecule has 1 nitrogen and oxygen atoms in total. The Morgan fingerprint density at radius 3 is 1.46 bits per heavy atom. The van der Waals surface area contributed by atoms with Gasteiger partial charge < -0.3 is 4.90 Å². The van der Waals surface area contributed by atoms with E-state index in [0.29, 0.717) is 0 Å². The number of hydrogen-bond donors (Lipinski definition) is 0. The molecule has 0 heterocycles. The summed E-state index contributed by atoms with van der Waals surface area (Å²) >= 11 is 0. The highest BCUT2D eigenvalue weighted by Gasteiger charge is 2.48. The summed E-state index contributed by atoms with van der Waals surface area (Å²) in [5.41, 5.74) is 13.2. The summed E-state index contributed by atoms with van der Waals surface area (Å²) in [6.45, 7) is 0. The second-order valence-electron chi connectivity index (χ2n) is 12.5. The fourth-order valence-corrected chi connectivity index (χ4v) is 7.94. The van der Waals surface area contributed by atoms with E-state index in [2.05, 4.69) is 205 Å². The number of benzene rings is 8. The van der Waals surface area contributed by atoms with Crippen molar-refractivity contribution in [2.24, 2.45) is 0 Å². The van der Waals surface area contributed by atoms with Gasteiger partial charge in [0.05, 0.1) is 5.41 Å². The van der Waals surface area contributed by atoms with Crippen LogP contribution in [0.2, 0.25) is 0 Å². The van der Waals surface area contributed by atoms with Crippen LogP contribution in [0.3, 0.4) is 0 Å². The molecule has 0 atom stereocenters. The summed E-state index contributed by atoms with van der Waals surface area (Å²) in [4.78, 5) is 2.32. The molecule has 9 rings (SSSR count). The molecule has 0 bridgehead atoms. The summed E-state index contributed by atoms with van der Waals surface area (Å²) in [5, 5.41) is 2.53. The van der Waals surface area contributed by atoms with Gasteiger partial charge in [-0.3, -0.25) is 0 Å². The molecule has 0 amide bonds. The average Bonchev–Trinajstić information content (AvgIpc) is 3.49. The molecule has 8 aromatic rings. The van der Waals surface area contributed by atoms with Crippen molar-refractivity contribution in [3.05, 3.63) is 222 Å². The fourth-order valence-electron chi connectivity index (χ4n) is 7.94. The van der Waals surface area contributed by atoms with Gasteiger partial charge in [-0.15, -0.1) is 0 Å². The van der Waals surface area contributed by atoms with Gasteiger partial charge in [0.2, 0.25) is 0 Å². The molecule has 226 valence electrons. The second kappa shape index (κ2) is 11.6. The van der Waals surface area contributed by atoms with Crippen molar-refractivity contribution in [2.75, 3.05) is 4.90 Å². The Bertz CT molecular complexity index is 2280. The molecule has 1 aliphatic carbocycles. The first-order chi connectivity index (χ1) is 23.8. The molecular formula is C47H33N. The van der Waals surface area contributed by atoms with Crippen LogP contribution < -0.4 is 4.90 Å². The minimum Gasteiger partial charge on any atom is -0.311 e. The van der Waals surface area contributed by atoms with E-state index in [9.17, 15) is 0 Å². The van der Waals surface area contributed by atoms with Crippen molar-refractivity contribution in [3.8, 4) is 22.3 Å². The van der Waals surface area contributed by atoms with Gasteiger partial charge in [-0.2, -0.15) is 0 Å². The van der Waals surface area contributed by atoms with Crippen molar-refractivity contribution >= 4 is 27.8 Å². The van der Waals surface area contributed by atoms with Crippen molar-refractivity contribution in [1.82, 2.24) is 0 Å². The van der Waals surface area contributed by atoms with Crippen LogP contribution in [0.1, 0.15) is 22.3 Å². The summed E-state index contributed by atoms with van der Waals surface area (Å²) in [7, 11) is 0. The predicted octanol–water partition coefficient (Wildman–Crippen LogP) is 12.3. The third kappa shape index (κ3) is 4.32. The number of hydrogen-bond acceptors (Lipinski definition) is 1. The van der Waals surface area contributed by atoms with E-state index >= 15 is 0 Å². The van der Waals surface area contributed by atoms with Crippen LogP contribution in [0, 0.1) is 0 Å². The topological polar surface area (TPSA) is 3.24 Å². The lowest BCUT2D eigenvalue weighted by Gasteiger charge is -2.35. The predicted molar refractivity (Wildman–Crippen MR) is 201 cm³/mol. The standard InChI is InChI=1S/C47H33N/c1-5-18-36(19-6-1)47(37-20-7-2-8-21-37)44-28-16-15-27-42(44)45-43(33-35-17-13-14-26-41(35)46(45)47)34-29-31-40(32-30-34)48(38-22-9-3-10-23-38)39-24-11-4-12-25-39/h1-33H. The number of para-hydroxylation sites is 2. The van der Waals surface area contributed by atoms with Crippen LogP contribution in [0.15, 0.2) is 200 Å². The SMILES string of the molecule is c1ccc(N(c2ccccc2)c2ccc(-c3cc4ccccc4c4c3-c3ccccc3C4(c3ccccc3)c3ccccc3)cc2)cc1. The van der Waals surface area contributed by atoms with Crippen LogP contribution in [-0.2, 0) is 5.41 Å². The zero-order valence-electron chi connectivity index (χ0n) is 26.5. The van der Waals surface area contributed by atoms with Gasteiger partial charge in [-0.1, -0.05) is 158 Å². The summed E-state index contributed by atoms with van der Waals surface area (Å²) in [6.07, 6.45) is 0. The first kappa shape index (κ1) is 28.1. The van der Waals surface area contributed by atoms with E-state index in [4.69, 9.17) is 0 Å². The molecule has 0 spiro atoms. The molecule has 8 aromatic carbocycles. The third-order valence-corrected chi connectivity index (χ3v) is 9.90. The maximum absolute atomic E-state index is 2.40. The second-order valence-corrected chi connectivity index (χ2v) is 12.5. The number of nitrogens with zero attached hydrogens (tertiary/aromatic N) is 1. The zero-order chi connectivity index (χ0) is 31.9. The molecule has 0 aromatic heterocycles. The van der Waals surface area contributed by atoms with Crippen LogP contribution in [0.4, 0.5) is 17.1 Å². The van der Waals surface area contributed by atoms with Gasteiger partial charge >= 0.3 is 0 Å². The lowest BCUT2D eigenvalue weighted by Crippen LogP contribution is -2.28. The van der Waals surface area contributed by atoms with E-state index in [1.807, 2.05) is 0 Å². The molecule has 1 aliphatic rings. The van der Waals surface area contributed by atoms with E-state index in [0.717, 1.165) is 17.1 Å². The van der Waals surface area contributed by atoms with Crippen LogP contribution in [0.5, 0.6) is 0 Å². The lowest BCUT2D eigenvalue weighted by atomic mass is 9.66. The zero-order valence-corrected chi connectivity index (χ0v) is 26.5. The largest absolute Gasteiger partial charge is 0.311 e. The minimum absolute atomic E-state index is 0.471. The molecule has 0 saturated heterocycles. The van der Waals surface area contributed by atoms with Gasteiger partial charge in [0, 0.05) is 17.1 Å². The summed E-state index contributed by atoms with van der Waals surface area (Å²) in [6, 6.07) is 72.9. The highest BCUT2D eigenvalue weighted by molar-refractivity contribution is 6.06. The van der Waals surface area contributed by atoms with Gasteiger partial charge in [-0.25, -0.2) is 0 Å². The Labute approximate surface area is 282 Å². The van der Waals surface area contributed by atoms with Gasteiger partial charge in [-0.05, 0) is 97.7 Å². The van der Waals surface area contributed by atoms with Gasteiger partial charge in [0.15, 0.2) is 0 Å². The maximum atomic E-state index is 2.40. The Balaban J connectivity index is 1.32. The molecule has 0 radical (unpaired) electrons. The van der Waals surface area contributed by atoms with Gasteiger partial charge in [0.1, 0.15) is 0 Å². The van der Waals surface area contributed by atoms with E-state index in [1.165, 1.54) is 55.3 Å². The first-order valence-electron chi connectivity index (χ1n) is 16.6. The number of anilines is 3. The van der Waals surface area contributed by atoms with Crippen molar-refractivity contribution in [3.63, 3.8) is 0 Å². The number of fused-ring (bicyclic) bond motifs is 5. The summed E-state index contributed by atoms with van der Waals surface area (Å²) < 4.78 is 0. The molecule has 0 unspecified atom stereocenters. The molecule has 0 fully saturated rings. The van der Waals surface area contributed by atoms with Crippen molar-refractivity contribution < 1.29 is 0 Å². The highest BCUT2D eigenvalue weighted by atomic mass is 15.1. The number of rotatable bonds is 6. The molecule has 48 heavy (non-hydrogen) atoms. The Morgan fingerprint density at radius 1 is 0.375 bits per heavy atom. The molecule has 0 saturated carbocycles. The molecule has 1 heteroatoms. The lowest BCUT2D eigenvalue weighted by molar-refractivity contribution is 0.775. The smallest absolute Gasteiger partial charge is 0.0719 e. The molecule has 0 aliphatic heterocycles. The van der Waals surface area contributed by atoms with E-state index in [1.54, 1.807) is 0 Å². The van der Waals surface area contributed by atoms with Crippen LogP contribution >= 0.6 is 0 Å². The van der Waals surface area contributed by atoms with Crippen LogP contribution in [0.25, 0.3) is 33.0 Å². The van der Waals surface area contributed by atoms with E-state index in [-0.39, 0.29) is 0 Å².